The molecule has 2 aromatic rings. The number of alkyl halides is 1. The average Bonchev–Trinajstić information content (AvgIpc) is 3.36. The molecule has 9 heteroatoms. The molecule has 2 heterocycles. The second kappa shape index (κ2) is 12.1. The highest BCUT2D eigenvalue weighted by atomic mass is 79.9. The third-order valence-corrected chi connectivity index (χ3v) is 9.85. The van der Waals surface area contributed by atoms with E-state index in [0.29, 0.717) is 25.7 Å². The number of halogens is 1. The topological polar surface area (TPSA) is 69.5 Å². The lowest BCUT2D eigenvalue weighted by Crippen LogP contribution is -2.42. The Morgan fingerprint density at radius 1 is 1.15 bits per heavy atom. The van der Waals surface area contributed by atoms with E-state index in [0.717, 1.165) is 37.6 Å². The van der Waals surface area contributed by atoms with Crippen molar-refractivity contribution in [2.75, 3.05) is 19.7 Å². The Hall–Kier alpha value is -2.23. The molecule has 1 aromatic heterocycles. The highest BCUT2D eigenvalue weighted by Gasteiger charge is 2.38. The van der Waals surface area contributed by atoms with Gasteiger partial charge < -0.3 is 14.4 Å². The van der Waals surface area contributed by atoms with Gasteiger partial charge in [-0.3, -0.25) is 0 Å². The molecule has 1 aliphatic heterocycles. The van der Waals surface area contributed by atoms with E-state index in [1.165, 1.54) is 16.7 Å². The molecule has 1 aromatic carbocycles. The molecule has 0 bridgehead atoms. The highest BCUT2D eigenvalue weighted by Crippen LogP contribution is 2.47. The highest BCUT2D eigenvalue weighted by molar-refractivity contribution is 9.09. The van der Waals surface area contributed by atoms with Crippen molar-refractivity contribution >= 4 is 35.7 Å². The van der Waals surface area contributed by atoms with Crippen molar-refractivity contribution in [3.05, 3.63) is 65.5 Å². The lowest BCUT2D eigenvalue weighted by molar-refractivity contribution is 0.0193. The minimum absolute atomic E-state index is 0.222. The fourth-order valence-electron chi connectivity index (χ4n) is 5.00. The maximum absolute atomic E-state index is 12.7. The number of aromatic nitrogens is 3. The van der Waals surface area contributed by atoms with Gasteiger partial charge in [-0.1, -0.05) is 83.6 Å². The molecule has 1 saturated heterocycles. The Bertz CT molecular complexity index is 1190. The molecular weight excluding hydrogens is 572 g/mol. The van der Waals surface area contributed by atoms with Crippen molar-refractivity contribution in [2.24, 2.45) is 5.92 Å². The zero-order valence-corrected chi connectivity index (χ0v) is 26.8. The summed E-state index contributed by atoms with van der Waals surface area (Å²) in [6.07, 6.45) is 8.65. The molecule has 4 rings (SSSR count). The number of likely N-dealkylation sites (tertiary alicyclic amines) is 1. The largest absolute Gasteiger partial charge is 0.444 e. The summed E-state index contributed by atoms with van der Waals surface area (Å²) in [6, 6.07) is 11.7. The van der Waals surface area contributed by atoms with Crippen molar-refractivity contribution in [1.82, 2.24) is 19.9 Å². The van der Waals surface area contributed by atoms with Crippen LogP contribution in [0.25, 0.3) is 5.57 Å². The van der Waals surface area contributed by atoms with Crippen LogP contribution in [0.3, 0.4) is 0 Å². The van der Waals surface area contributed by atoms with Crippen LogP contribution in [0.1, 0.15) is 51.3 Å². The summed E-state index contributed by atoms with van der Waals surface area (Å²) in [5.41, 5.74) is 4.27. The van der Waals surface area contributed by atoms with Crippen LogP contribution in [-0.2, 0) is 20.5 Å². The molecule has 0 spiro atoms. The number of hydrogen-bond donors (Lipinski definition) is 0. The summed E-state index contributed by atoms with van der Waals surface area (Å²) < 4.78 is 11.0. The van der Waals surface area contributed by atoms with Gasteiger partial charge in [-0.15, -0.1) is 0 Å². The molecule has 212 valence electrons. The minimum atomic E-state index is -1.13. The standard InChI is InChI=1S/C30H43BrN4O3Si/c1-29(2,3)38-28(36)34-16-13-24(14-17-34)26-20-30(31,15-12-25(26)23-10-8-7-9-11-23)27-21-32-35(33-27)22-37-18-19-39(4,5)6/h7-12,15,21,24H,13-14,16-20,22H2,1-6H3. The SMILES string of the molecule is CC(C)(C)OC(=O)N1CCC(C2=C(c3ccccc3)C=CC(Br)(c3cnn(COCC[Si](C)(C)C)n3)C2)CC1. The van der Waals surface area contributed by atoms with Crippen LogP contribution in [0.5, 0.6) is 0 Å². The summed E-state index contributed by atoms with van der Waals surface area (Å²) in [4.78, 5) is 16.2. The fourth-order valence-corrected chi connectivity index (χ4v) is 6.38. The summed E-state index contributed by atoms with van der Waals surface area (Å²) >= 11 is 4.04. The first kappa shape index (κ1) is 29.7. The van der Waals surface area contributed by atoms with E-state index in [9.17, 15) is 4.79 Å². The van der Waals surface area contributed by atoms with E-state index in [4.69, 9.17) is 14.6 Å². The molecule has 0 N–H and O–H groups in total. The van der Waals surface area contributed by atoms with Crippen LogP contribution >= 0.6 is 15.9 Å². The van der Waals surface area contributed by atoms with Crippen molar-refractivity contribution in [3.8, 4) is 0 Å². The second-order valence-corrected chi connectivity index (χ2v) is 19.9. The van der Waals surface area contributed by atoms with Gasteiger partial charge in [0.25, 0.3) is 0 Å². The monoisotopic (exact) mass is 614 g/mol. The van der Waals surface area contributed by atoms with Crippen LogP contribution in [0.4, 0.5) is 4.79 Å². The van der Waals surface area contributed by atoms with Gasteiger partial charge in [0.15, 0.2) is 6.73 Å². The maximum atomic E-state index is 12.7. The smallest absolute Gasteiger partial charge is 0.410 e. The van der Waals surface area contributed by atoms with Crippen molar-refractivity contribution in [1.29, 1.82) is 0 Å². The van der Waals surface area contributed by atoms with Gasteiger partial charge >= 0.3 is 6.09 Å². The Morgan fingerprint density at radius 3 is 2.49 bits per heavy atom. The number of carbonyl (C=O) groups is 1. The molecule has 1 aliphatic carbocycles. The van der Waals surface area contributed by atoms with E-state index in [2.05, 4.69) is 83.2 Å². The van der Waals surface area contributed by atoms with Gasteiger partial charge in [0.1, 0.15) is 11.3 Å². The van der Waals surface area contributed by atoms with E-state index < -0.39 is 18.0 Å². The Morgan fingerprint density at radius 2 is 1.85 bits per heavy atom. The predicted molar refractivity (Wildman–Crippen MR) is 162 cm³/mol. The number of carbonyl (C=O) groups excluding carboxylic acids is 1. The first-order valence-electron chi connectivity index (χ1n) is 14.0. The molecule has 1 atom stereocenters. The van der Waals surface area contributed by atoms with Crippen molar-refractivity contribution in [3.63, 3.8) is 0 Å². The van der Waals surface area contributed by atoms with Gasteiger partial charge in [0.2, 0.25) is 0 Å². The average molecular weight is 616 g/mol. The summed E-state index contributed by atoms with van der Waals surface area (Å²) in [6.45, 7) is 15.3. The van der Waals surface area contributed by atoms with Gasteiger partial charge in [0, 0.05) is 27.8 Å². The number of allylic oxidation sites excluding steroid dienone is 4. The van der Waals surface area contributed by atoms with Crippen LogP contribution in [0.2, 0.25) is 25.7 Å². The number of hydrogen-bond acceptors (Lipinski definition) is 5. The zero-order chi connectivity index (χ0) is 28.3. The van der Waals surface area contributed by atoms with Gasteiger partial charge in [-0.2, -0.15) is 15.0 Å². The summed E-state index contributed by atoms with van der Waals surface area (Å²) in [7, 11) is -1.13. The number of rotatable bonds is 8. The molecule has 1 unspecified atom stereocenters. The van der Waals surface area contributed by atoms with Crippen LogP contribution in [0, 0.1) is 5.92 Å². The number of ether oxygens (including phenoxy) is 2. The maximum Gasteiger partial charge on any atom is 0.410 e. The number of piperidine rings is 1. The molecule has 39 heavy (non-hydrogen) atoms. The van der Waals surface area contributed by atoms with Gasteiger partial charge in [-0.05, 0) is 63.1 Å². The van der Waals surface area contributed by atoms with Crippen LogP contribution in [-0.4, -0.2) is 59.4 Å². The first-order valence-corrected chi connectivity index (χ1v) is 18.5. The molecular formula is C30H43BrN4O3Si. The van der Waals surface area contributed by atoms with Crippen molar-refractivity contribution < 1.29 is 14.3 Å². The predicted octanol–water partition coefficient (Wildman–Crippen LogP) is 7.24. The minimum Gasteiger partial charge on any atom is -0.444 e. The van der Waals surface area contributed by atoms with Gasteiger partial charge in [-0.25, -0.2) is 4.79 Å². The summed E-state index contributed by atoms with van der Waals surface area (Å²) in [5, 5.41) is 9.29. The quantitative estimate of drug-likeness (QED) is 0.178. The molecule has 1 amide bonds. The van der Waals surface area contributed by atoms with E-state index in [1.807, 2.05) is 31.9 Å². The van der Waals surface area contributed by atoms with Crippen LogP contribution in [0.15, 0.2) is 54.3 Å². The van der Waals surface area contributed by atoms with Gasteiger partial charge in [0.05, 0.1) is 10.5 Å². The Balaban J connectivity index is 1.50. The third-order valence-electron chi connectivity index (χ3n) is 7.20. The summed E-state index contributed by atoms with van der Waals surface area (Å²) in [5.74, 6) is 0.362. The zero-order valence-electron chi connectivity index (χ0n) is 24.2. The number of benzene rings is 1. The molecule has 0 saturated carbocycles. The number of nitrogens with zero attached hydrogens (tertiary/aromatic N) is 4. The molecule has 0 radical (unpaired) electrons. The first-order chi connectivity index (χ1) is 18.3. The second-order valence-electron chi connectivity index (χ2n) is 12.9. The van der Waals surface area contributed by atoms with Crippen molar-refractivity contribution in [2.45, 2.75) is 82.4 Å². The van der Waals surface area contributed by atoms with E-state index in [1.54, 1.807) is 4.80 Å². The Kier molecular flexibility index (Phi) is 9.23. The number of amides is 1. The van der Waals surface area contributed by atoms with Crippen LogP contribution < -0.4 is 0 Å². The molecule has 7 nitrogen and oxygen atoms in total. The fraction of sp³-hybridized carbons (Fsp3) is 0.567. The molecule has 1 fully saturated rings. The van der Waals surface area contributed by atoms with E-state index in [-0.39, 0.29) is 6.09 Å². The lowest BCUT2D eigenvalue weighted by Gasteiger charge is -2.38. The van der Waals surface area contributed by atoms with E-state index >= 15 is 0 Å². The normalized spacial score (nSPS) is 20.9. The lowest BCUT2D eigenvalue weighted by atomic mass is 9.76. The molecule has 2 aliphatic rings. The Labute approximate surface area is 242 Å². The third kappa shape index (κ3) is 8.14.